The highest BCUT2D eigenvalue weighted by atomic mass is 19.1. The Morgan fingerprint density at radius 2 is 1.67 bits per heavy atom. The maximum absolute atomic E-state index is 12.8. The zero-order valence-corrected chi connectivity index (χ0v) is 13.6. The Labute approximate surface area is 141 Å². The van der Waals surface area contributed by atoms with E-state index in [4.69, 9.17) is 0 Å². The normalized spacial score (nSPS) is 11.6. The van der Waals surface area contributed by atoms with Crippen molar-refractivity contribution in [2.45, 2.75) is 19.3 Å². The number of carbonyl (C=O) groups excluding carboxylic acids is 2. The summed E-state index contributed by atoms with van der Waals surface area (Å²) in [5.74, 6) is -0.821. The van der Waals surface area contributed by atoms with Crippen LogP contribution < -0.4 is 10.6 Å². The van der Waals surface area contributed by atoms with Gasteiger partial charge in [0.1, 0.15) is 5.82 Å². The molecule has 0 aliphatic heterocycles. The number of benzene rings is 2. The third kappa shape index (κ3) is 5.19. The molecule has 0 heterocycles. The van der Waals surface area contributed by atoms with E-state index >= 15 is 0 Å². The van der Waals surface area contributed by atoms with Crippen molar-refractivity contribution in [3.63, 3.8) is 0 Å². The predicted octanol–water partition coefficient (Wildman–Crippen LogP) is 2.87. The Bertz CT molecular complexity index is 672. The second-order valence-electron chi connectivity index (χ2n) is 5.51. The molecule has 2 amide bonds. The lowest BCUT2D eigenvalue weighted by Crippen LogP contribution is -2.38. The molecule has 126 valence electrons. The molecule has 0 fully saturated rings. The predicted molar refractivity (Wildman–Crippen MR) is 91.2 cm³/mol. The first-order valence-corrected chi connectivity index (χ1v) is 7.95. The zero-order valence-electron chi connectivity index (χ0n) is 13.6. The van der Waals surface area contributed by atoms with E-state index < -0.39 is 11.7 Å². The molecule has 24 heavy (non-hydrogen) atoms. The molecule has 1 atom stereocenters. The molecule has 0 spiro atoms. The second-order valence-corrected chi connectivity index (χ2v) is 5.51. The van der Waals surface area contributed by atoms with Gasteiger partial charge in [-0.25, -0.2) is 4.39 Å². The van der Waals surface area contributed by atoms with Crippen LogP contribution in [-0.4, -0.2) is 24.9 Å². The molecule has 2 rings (SSSR count). The van der Waals surface area contributed by atoms with Crippen LogP contribution in [0.1, 0.15) is 35.2 Å². The first-order chi connectivity index (χ1) is 11.6. The van der Waals surface area contributed by atoms with Crippen molar-refractivity contribution in [2.24, 2.45) is 0 Å². The zero-order chi connectivity index (χ0) is 17.4. The molecule has 2 N–H and O–H groups in total. The molecule has 0 saturated carbocycles. The maximum atomic E-state index is 12.8. The molecule has 0 bridgehead atoms. The van der Waals surface area contributed by atoms with E-state index in [9.17, 15) is 14.0 Å². The van der Waals surface area contributed by atoms with Gasteiger partial charge < -0.3 is 10.6 Å². The number of rotatable bonds is 7. The summed E-state index contributed by atoms with van der Waals surface area (Å²) >= 11 is 0. The van der Waals surface area contributed by atoms with Gasteiger partial charge >= 0.3 is 0 Å². The van der Waals surface area contributed by atoms with Gasteiger partial charge in [0.15, 0.2) is 0 Å². The van der Waals surface area contributed by atoms with E-state index in [2.05, 4.69) is 17.6 Å². The second kappa shape index (κ2) is 8.82. The van der Waals surface area contributed by atoms with Crippen molar-refractivity contribution in [3.05, 3.63) is 71.5 Å². The van der Waals surface area contributed by atoms with Crippen molar-refractivity contribution in [2.75, 3.05) is 13.1 Å². The molecular weight excluding hydrogens is 307 g/mol. The van der Waals surface area contributed by atoms with Crippen molar-refractivity contribution >= 4 is 11.8 Å². The van der Waals surface area contributed by atoms with Crippen LogP contribution in [0, 0.1) is 5.82 Å². The van der Waals surface area contributed by atoms with E-state index in [0.29, 0.717) is 12.1 Å². The number of amides is 2. The standard InChI is InChI=1S/C19H21FN2O2/c1-2-14(15-6-4-3-5-7-15)12-21-18(23)13-22-19(24)16-8-10-17(20)11-9-16/h3-11,14H,2,12-13H2,1H3,(H,21,23)(H,22,24). The Morgan fingerprint density at radius 3 is 2.29 bits per heavy atom. The molecule has 0 aliphatic rings. The molecule has 5 heteroatoms. The van der Waals surface area contributed by atoms with Crippen LogP contribution in [0.15, 0.2) is 54.6 Å². The summed E-state index contributed by atoms with van der Waals surface area (Å²) in [5, 5.41) is 5.36. The summed E-state index contributed by atoms with van der Waals surface area (Å²) in [5.41, 5.74) is 1.50. The number of hydrogen-bond donors (Lipinski definition) is 2. The van der Waals surface area contributed by atoms with E-state index in [0.717, 1.165) is 6.42 Å². The minimum Gasteiger partial charge on any atom is -0.354 e. The molecule has 2 aromatic rings. The Kier molecular flexibility index (Phi) is 6.49. The highest BCUT2D eigenvalue weighted by molar-refractivity contribution is 5.96. The topological polar surface area (TPSA) is 58.2 Å². The molecule has 0 radical (unpaired) electrons. The molecule has 0 aliphatic carbocycles. The minimum absolute atomic E-state index is 0.110. The van der Waals surface area contributed by atoms with Gasteiger partial charge in [0.05, 0.1) is 6.54 Å². The summed E-state index contributed by atoms with van der Waals surface area (Å²) in [6, 6.07) is 15.2. The molecule has 0 saturated heterocycles. The lowest BCUT2D eigenvalue weighted by atomic mass is 9.96. The first kappa shape index (κ1) is 17.7. The van der Waals surface area contributed by atoms with Gasteiger partial charge in [-0.05, 0) is 36.2 Å². The SMILES string of the molecule is CCC(CNC(=O)CNC(=O)c1ccc(F)cc1)c1ccccc1. The van der Waals surface area contributed by atoms with Gasteiger partial charge in [-0.2, -0.15) is 0 Å². The average Bonchev–Trinajstić information content (AvgIpc) is 2.61. The van der Waals surface area contributed by atoms with Crippen LogP contribution >= 0.6 is 0 Å². The fourth-order valence-corrected chi connectivity index (χ4v) is 2.39. The van der Waals surface area contributed by atoms with Crippen LogP contribution in [-0.2, 0) is 4.79 Å². The van der Waals surface area contributed by atoms with E-state index in [-0.39, 0.29) is 18.4 Å². The molecular formula is C19H21FN2O2. The van der Waals surface area contributed by atoms with Crippen LogP contribution in [0.25, 0.3) is 0 Å². The number of carbonyl (C=O) groups is 2. The number of nitrogens with one attached hydrogen (secondary N) is 2. The smallest absolute Gasteiger partial charge is 0.251 e. The van der Waals surface area contributed by atoms with Crippen LogP contribution in [0.2, 0.25) is 0 Å². The van der Waals surface area contributed by atoms with E-state index in [1.807, 2.05) is 30.3 Å². The fraction of sp³-hybridized carbons (Fsp3) is 0.263. The van der Waals surface area contributed by atoms with Crippen molar-refractivity contribution in [1.29, 1.82) is 0 Å². The van der Waals surface area contributed by atoms with Crippen molar-refractivity contribution in [3.8, 4) is 0 Å². The molecule has 1 unspecified atom stereocenters. The van der Waals surface area contributed by atoms with E-state index in [1.54, 1.807) is 0 Å². The lowest BCUT2D eigenvalue weighted by Gasteiger charge is -2.16. The molecule has 2 aromatic carbocycles. The maximum Gasteiger partial charge on any atom is 0.251 e. The average molecular weight is 328 g/mol. The van der Waals surface area contributed by atoms with E-state index in [1.165, 1.54) is 29.8 Å². The van der Waals surface area contributed by atoms with Gasteiger partial charge in [0, 0.05) is 18.0 Å². The van der Waals surface area contributed by atoms with Gasteiger partial charge in [-0.3, -0.25) is 9.59 Å². The third-order valence-electron chi connectivity index (χ3n) is 3.83. The van der Waals surface area contributed by atoms with Crippen LogP contribution in [0.4, 0.5) is 4.39 Å². The Morgan fingerprint density at radius 1 is 1.00 bits per heavy atom. The lowest BCUT2D eigenvalue weighted by molar-refractivity contribution is -0.120. The van der Waals surface area contributed by atoms with Gasteiger partial charge in [-0.1, -0.05) is 37.3 Å². The van der Waals surface area contributed by atoms with Crippen molar-refractivity contribution < 1.29 is 14.0 Å². The summed E-state index contributed by atoms with van der Waals surface area (Å²) in [6.45, 7) is 2.48. The van der Waals surface area contributed by atoms with Crippen LogP contribution in [0.5, 0.6) is 0 Å². The summed E-state index contributed by atoms with van der Waals surface area (Å²) < 4.78 is 12.8. The summed E-state index contributed by atoms with van der Waals surface area (Å²) in [4.78, 5) is 23.8. The fourth-order valence-electron chi connectivity index (χ4n) is 2.39. The number of hydrogen-bond acceptors (Lipinski definition) is 2. The summed E-state index contributed by atoms with van der Waals surface area (Å²) in [6.07, 6.45) is 0.909. The van der Waals surface area contributed by atoms with Crippen molar-refractivity contribution in [1.82, 2.24) is 10.6 Å². The quantitative estimate of drug-likeness (QED) is 0.821. The highest BCUT2D eigenvalue weighted by Gasteiger charge is 2.12. The van der Waals surface area contributed by atoms with Crippen LogP contribution in [0.3, 0.4) is 0 Å². The minimum atomic E-state index is -0.407. The van der Waals surface area contributed by atoms with Gasteiger partial charge in [0.2, 0.25) is 5.91 Å². The summed E-state index contributed by atoms with van der Waals surface area (Å²) in [7, 11) is 0. The molecule has 4 nitrogen and oxygen atoms in total. The largest absolute Gasteiger partial charge is 0.354 e. The third-order valence-corrected chi connectivity index (χ3v) is 3.83. The Hall–Kier alpha value is -2.69. The van der Waals surface area contributed by atoms with Gasteiger partial charge in [0.25, 0.3) is 5.91 Å². The highest BCUT2D eigenvalue weighted by Crippen LogP contribution is 2.17. The Balaban J connectivity index is 1.78. The number of halogens is 1. The van der Waals surface area contributed by atoms with Gasteiger partial charge in [-0.15, -0.1) is 0 Å². The first-order valence-electron chi connectivity index (χ1n) is 7.95. The monoisotopic (exact) mass is 328 g/mol. The molecule has 0 aromatic heterocycles.